The first-order valence-corrected chi connectivity index (χ1v) is 8.22. The third-order valence-electron chi connectivity index (χ3n) is 3.18. The maximum absolute atomic E-state index is 3.52. The van der Waals surface area contributed by atoms with E-state index in [-0.39, 0.29) is 0 Å². The first kappa shape index (κ1) is 16.2. The van der Waals surface area contributed by atoms with E-state index in [1.807, 2.05) is 7.05 Å². The normalized spacial score (nSPS) is 15.0. The highest BCUT2D eigenvalue weighted by atomic mass is 79.9. The summed E-state index contributed by atoms with van der Waals surface area (Å²) in [6.07, 6.45) is 2.52. The lowest BCUT2D eigenvalue weighted by Crippen LogP contribution is -2.39. The summed E-state index contributed by atoms with van der Waals surface area (Å²) < 4.78 is 1.22. The van der Waals surface area contributed by atoms with Gasteiger partial charge in [-0.25, -0.2) is 0 Å². The summed E-state index contributed by atoms with van der Waals surface area (Å²) in [6, 6.07) is 2.22. The van der Waals surface area contributed by atoms with Gasteiger partial charge in [0.25, 0.3) is 0 Å². The minimum absolute atomic E-state index is 0.367. The first-order valence-electron chi connectivity index (χ1n) is 6.55. The van der Waals surface area contributed by atoms with Crippen LogP contribution in [0.25, 0.3) is 0 Å². The molecule has 2 nitrogen and oxygen atoms in total. The topological polar surface area (TPSA) is 15.3 Å². The Morgan fingerprint density at radius 3 is 2.72 bits per heavy atom. The van der Waals surface area contributed by atoms with Crippen LogP contribution in [-0.4, -0.2) is 32.1 Å². The van der Waals surface area contributed by atoms with E-state index in [1.165, 1.54) is 22.2 Å². The maximum Gasteiger partial charge on any atom is 0.0701 e. The molecule has 1 N–H and O–H groups in total. The predicted octanol–water partition coefficient (Wildman–Crippen LogP) is 3.97. The van der Waals surface area contributed by atoms with Gasteiger partial charge in [-0.15, -0.1) is 11.3 Å². The summed E-state index contributed by atoms with van der Waals surface area (Å²) in [6.45, 7) is 7.90. The fraction of sp³-hybridized carbons (Fsp3) is 0.714. The monoisotopic (exact) mass is 332 g/mol. The number of thiophene rings is 1. The molecule has 4 heteroatoms. The van der Waals surface area contributed by atoms with Crippen LogP contribution >= 0.6 is 27.3 Å². The Morgan fingerprint density at radius 1 is 1.50 bits per heavy atom. The zero-order chi connectivity index (χ0) is 13.6. The lowest BCUT2D eigenvalue weighted by molar-refractivity contribution is 0.171. The molecule has 0 aliphatic carbocycles. The van der Waals surface area contributed by atoms with E-state index in [9.17, 15) is 0 Å². The Hall–Kier alpha value is 0.100. The van der Waals surface area contributed by atoms with Gasteiger partial charge in [0.1, 0.15) is 0 Å². The van der Waals surface area contributed by atoms with Crippen LogP contribution < -0.4 is 5.32 Å². The van der Waals surface area contributed by atoms with E-state index in [4.69, 9.17) is 0 Å². The van der Waals surface area contributed by atoms with Crippen molar-refractivity contribution in [3.05, 3.63) is 20.8 Å². The molecule has 0 radical (unpaired) electrons. The van der Waals surface area contributed by atoms with Crippen LogP contribution in [0.3, 0.4) is 0 Å². The zero-order valence-electron chi connectivity index (χ0n) is 11.9. The van der Waals surface area contributed by atoms with Crippen LogP contribution in [0.4, 0.5) is 0 Å². The van der Waals surface area contributed by atoms with Crippen molar-refractivity contribution in [3.8, 4) is 0 Å². The molecule has 1 atom stereocenters. The number of hydrogen-bond acceptors (Lipinski definition) is 3. The third-order valence-corrected chi connectivity index (χ3v) is 4.74. The van der Waals surface area contributed by atoms with Crippen LogP contribution in [0, 0.1) is 5.41 Å². The fourth-order valence-electron chi connectivity index (χ4n) is 2.70. The van der Waals surface area contributed by atoms with Gasteiger partial charge in [-0.3, -0.25) is 0 Å². The maximum atomic E-state index is 3.52. The van der Waals surface area contributed by atoms with Crippen molar-refractivity contribution in [2.75, 3.05) is 27.2 Å². The highest BCUT2D eigenvalue weighted by Crippen LogP contribution is 2.26. The number of nitrogens with zero attached hydrogens (tertiary/aromatic N) is 1. The Bertz CT molecular complexity index is 345. The van der Waals surface area contributed by atoms with Crippen molar-refractivity contribution in [2.45, 2.75) is 33.2 Å². The van der Waals surface area contributed by atoms with Crippen LogP contribution in [-0.2, 0) is 6.54 Å². The van der Waals surface area contributed by atoms with Gasteiger partial charge in [-0.05, 0) is 58.9 Å². The Kier molecular flexibility index (Phi) is 6.85. The quantitative estimate of drug-likeness (QED) is 0.774. The minimum atomic E-state index is 0.367. The minimum Gasteiger partial charge on any atom is -0.319 e. The van der Waals surface area contributed by atoms with E-state index in [2.05, 4.69) is 58.5 Å². The molecule has 1 aromatic rings. The Labute approximate surface area is 124 Å². The molecule has 0 aliphatic heterocycles. The number of hydrogen-bond donors (Lipinski definition) is 1. The molecule has 0 amide bonds. The average Bonchev–Trinajstić information content (AvgIpc) is 2.63. The third kappa shape index (κ3) is 5.39. The van der Waals surface area contributed by atoms with Gasteiger partial charge >= 0.3 is 0 Å². The molecule has 0 spiro atoms. The van der Waals surface area contributed by atoms with Crippen LogP contribution in [0.5, 0.6) is 0 Å². The van der Waals surface area contributed by atoms with Crippen molar-refractivity contribution in [1.29, 1.82) is 0 Å². The van der Waals surface area contributed by atoms with E-state index in [0.717, 1.165) is 19.6 Å². The average molecular weight is 333 g/mol. The van der Waals surface area contributed by atoms with Crippen LogP contribution in [0.15, 0.2) is 15.2 Å². The number of halogens is 1. The zero-order valence-corrected chi connectivity index (χ0v) is 14.3. The predicted molar refractivity (Wildman–Crippen MR) is 85.3 cm³/mol. The van der Waals surface area contributed by atoms with Gasteiger partial charge in [0.15, 0.2) is 0 Å². The summed E-state index contributed by atoms with van der Waals surface area (Å²) in [5.74, 6) is 0. The van der Waals surface area contributed by atoms with Crippen LogP contribution in [0.2, 0.25) is 0 Å². The van der Waals surface area contributed by atoms with Gasteiger partial charge in [-0.2, -0.15) is 0 Å². The molecule has 0 saturated heterocycles. The van der Waals surface area contributed by atoms with Crippen molar-refractivity contribution in [1.82, 2.24) is 10.2 Å². The SMILES string of the molecule is CCCC(C)(CNC)CN(C)Cc1csc(Br)c1. The fourth-order valence-corrected chi connectivity index (χ4v) is 3.90. The Balaban J connectivity index is 2.52. The molecular weight excluding hydrogens is 308 g/mol. The smallest absolute Gasteiger partial charge is 0.0701 e. The van der Waals surface area contributed by atoms with Gasteiger partial charge in [0.2, 0.25) is 0 Å². The molecule has 104 valence electrons. The van der Waals surface area contributed by atoms with Crippen LogP contribution in [0.1, 0.15) is 32.3 Å². The van der Waals surface area contributed by atoms with E-state index in [1.54, 1.807) is 11.3 Å². The largest absolute Gasteiger partial charge is 0.319 e. The molecule has 0 fully saturated rings. The molecule has 0 saturated carbocycles. The second-order valence-corrected chi connectivity index (χ2v) is 7.81. The molecule has 0 bridgehead atoms. The van der Waals surface area contributed by atoms with E-state index in [0.29, 0.717) is 5.41 Å². The van der Waals surface area contributed by atoms with Gasteiger partial charge in [0, 0.05) is 19.6 Å². The molecule has 1 unspecified atom stereocenters. The van der Waals surface area contributed by atoms with Crippen molar-refractivity contribution in [2.24, 2.45) is 5.41 Å². The molecule has 1 heterocycles. The molecular formula is C14H25BrN2S. The summed E-state index contributed by atoms with van der Waals surface area (Å²) in [4.78, 5) is 2.43. The summed E-state index contributed by atoms with van der Waals surface area (Å²) in [7, 11) is 4.26. The Morgan fingerprint density at radius 2 is 2.22 bits per heavy atom. The standard InChI is InChI=1S/C14H25BrN2S/c1-5-6-14(2,10-16-3)11-17(4)8-12-7-13(15)18-9-12/h7,9,16H,5-6,8,10-11H2,1-4H3. The lowest BCUT2D eigenvalue weighted by Gasteiger charge is -2.33. The van der Waals surface area contributed by atoms with Crippen molar-refractivity contribution in [3.63, 3.8) is 0 Å². The lowest BCUT2D eigenvalue weighted by atomic mass is 9.85. The summed E-state index contributed by atoms with van der Waals surface area (Å²) in [5.41, 5.74) is 1.77. The highest BCUT2D eigenvalue weighted by molar-refractivity contribution is 9.11. The van der Waals surface area contributed by atoms with Gasteiger partial charge < -0.3 is 10.2 Å². The highest BCUT2D eigenvalue weighted by Gasteiger charge is 2.24. The molecule has 1 aromatic heterocycles. The number of rotatable bonds is 8. The first-order chi connectivity index (χ1) is 8.49. The molecule has 0 aromatic carbocycles. The summed E-state index contributed by atoms with van der Waals surface area (Å²) in [5, 5.41) is 5.57. The van der Waals surface area contributed by atoms with E-state index >= 15 is 0 Å². The van der Waals surface area contributed by atoms with E-state index < -0.39 is 0 Å². The van der Waals surface area contributed by atoms with Crippen molar-refractivity contribution < 1.29 is 0 Å². The number of nitrogens with one attached hydrogen (secondary N) is 1. The van der Waals surface area contributed by atoms with Crippen molar-refractivity contribution >= 4 is 27.3 Å². The van der Waals surface area contributed by atoms with Gasteiger partial charge in [0.05, 0.1) is 3.79 Å². The second kappa shape index (κ2) is 7.63. The molecule has 18 heavy (non-hydrogen) atoms. The molecule has 1 rings (SSSR count). The second-order valence-electron chi connectivity index (χ2n) is 5.52. The molecule has 0 aliphatic rings. The summed E-state index contributed by atoms with van der Waals surface area (Å²) >= 11 is 5.29. The van der Waals surface area contributed by atoms with Gasteiger partial charge in [-0.1, -0.05) is 20.3 Å².